The number of benzene rings is 1. The number of nitrogens with one attached hydrogen (secondary N) is 1. The number of aromatic nitrogens is 1. The van der Waals surface area contributed by atoms with Gasteiger partial charge in [0, 0.05) is 28.0 Å². The molecule has 1 aromatic carbocycles. The van der Waals surface area contributed by atoms with Crippen molar-refractivity contribution in [3.63, 3.8) is 0 Å². The van der Waals surface area contributed by atoms with E-state index in [-0.39, 0.29) is 11.7 Å². The van der Waals surface area contributed by atoms with E-state index >= 15 is 0 Å². The lowest BCUT2D eigenvalue weighted by Gasteiger charge is -2.24. The predicted octanol–water partition coefficient (Wildman–Crippen LogP) is 2.71. The van der Waals surface area contributed by atoms with Crippen LogP contribution in [0, 0.1) is 3.57 Å². The van der Waals surface area contributed by atoms with Crippen molar-refractivity contribution in [3.05, 3.63) is 44.0 Å². The summed E-state index contributed by atoms with van der Waals surface area (Å²) >= 11 is 3.46. The second kappa shape index (κ2) is 7.06. The lowest BCUT2D eigenvalue weighted by molar-refractivity contribution is 0.102. The number of thiazole rings is 1. The molecule has 9 heteroatoms. The average Bonchev–Trinajstić information content (AvgIpc) is 2.96. The number of carbonyl (C=O) groups is 1. The van der Waals surface area contributed by atoms with Gasteiger partial charge in [0.25, 0.3) is 5.91 Å². The second-order valence-electron chi connectivity index (χ2n) is 5.31. The van der Waals surface area contributed by atoms with Gasteiger partial charge < -0.3 is 0 Å². The largest absolute Gasteiger partial charge is 0.298 e. The van der Waals surface area contributed by atoms with E-state index < -0.39 is 10.0 Å². The number of hydrogen-bond donors (Lipinski definition) is 1. The molecule has 0 unspecified atom stereocenters. The van der Waals surface area contributed by atoms with E-state index in [0.29, 0.717) is 30.2 Å². The molecule has 0 saturated carbocycles. The Hall–Kier alpha value is -1.04. The third-order valence-electron chi connectivity index (χ3n) is 3.79. The summed E-state index contributed by atoms with van der Waals surface area (Å²) < 4.78 is 26.4. The van der Waals surface area contributed by atoms with Crippen LogP contribution in [-0.4, -0.2) is 35.9 Å². The highest BCUT2D eigenvalue weighted by Crippen LogP contribution is 2.30. The molecule has 1 N–H and O–H groups in total. The standard InChI is InChI=1S/C15H16IN3O3S2/c1-2-24(21,22)19-8-7-12-13(9-19)23-15(17-12)18-14(20)10-5-3-4-6-11(10)16/h3-6H,2,7-9H2,1H3,(H,17,18,20). The normalized spacial score (nSPS) is 15.1. The van der Waals surface area contributed by atoms with E-state index in [1.54, 1.807) is 13.0 Å². The summed E-state index contributed by atoms with van der Waals surface area (Å²) in [5.41, 5.74) is 1.47. The number of sulfonamides is 1. The molecule has 1 amide bonds. The monoisotopic (exact) mass is 477 g/mol. The van der Waals surface area contributed by atoms with Crippen LogP contribution < -0.4 is 5.32 Å². The van der Waals surface area contributed by atoms with Crippen molar-refractivity contribution in [2.24, 2.45) is 0 Å². The van der Waals surface area contributed by atoms with Crippen molar-refractivity contribution in [1.29, 1.82) is 0 Å². The minimum atomic E-state index is -3.20. The van der Waals surface area contributed by atoms with Gasteiger partial charge in [-0.25, -0.2) is 13.4 Å². The van der Waals surface area contributed by atoms with Gasteiger partial charge in [0.15, 0.2) is 5.13 Å². The molecule has 0 radical (unpaired) electrons. The van der Waals surface area contributed by atoms with E-state index in [1.165, 1.54) is 15.6 Å². The van der Waals surface area contributed by atoms with Crippen LogP contribution in [0.4, 0.5) is 5.13 Å². The Bertz CT molecular complexity index is 880. The molecule has 0 fully saturated rings. The fourth-order valence-corrected chi connectivity index (χ4v) is 5.25. The van der Waals surface area contributed by atoms with Gasteiger partial charge in [0.05, 0.1) is 17.0 Å². The van der Waals surface area contributed by atoms with E-state index in [9.17, 15) is 13.2 Å². The number of halogens is 1. The molecule has 2 heterocycles. The van der Waals surface area contributed by atoms with Gasteiger partial charge in [-0.3, -0.25) is 10.1 Å². The van der Waals surface area contributed by atoms with Crippen LogP contribution in [0.2, 0.25) is 0 Å². The Balaban J connectivity index is 1.77. The predicted molar refractivity (Wildman–Crippen MR) is 103 cm³/mol. The molecule has 0 aliphatic carbocycles. The third-order valence-corrected chi connectivity index (χ3v) is 7.56. The summed E-state index contributed by atoms with van der Waals surface area (Å²) in [7, 11) is -3.20. The van der Waals surface area contributed by atoms with Gasteiger partial charge in [-0.05, 0) is 41.6 Å². The molecule has 24 heavy (non-hydrogen) atoms. The molecule has 1 aliphatic rings. The molecule has 6 nitrogen and oxygen atoms in total. The molecular formula is C15H16IN3O3S2. The molecule has 0 saturated heterocycles. The summed E-state index contributed by atoms with van der Waals surface area (Å²) in [6, 6.07) is 7.33. The fraction of sp³-hybridized carbons (Fsp3) is 0.333. The highest BCUT2D eigenvalue weighted by Gasteiger charge is 2.28. The number of anilines is 1. The van der Waals surface area contributed by atoms with Crippen LogP contribution in [0.25, 0.3) is 0 Å². The van der Waals surface area contributed by atoms with Crippen molar-refractivity contribution < 1.29 is 13.2 Å². The number of nitrogens with zero attached hydrogens (tertiary/aromatic N) is 2. The summed E-state index contributed by atoms with van der Waals surface area (Å²) in [5, 5.41) is 3.33. The first-order chi connectivity index (χ1) is 11.4. The van der Waals surface area contributed by atoms with Crippen molar-refractivity contribution in [2.75, 3.05) is 17.6 Å². The molecule has 0 atom stereocenters. The minimum absolute atomic E-state index is 0.0944. The lowest BCUT2D eigenvalue weighted by atomic mass is 10.2. The molecule has 1 aliphatic heterocycles. The SMILES string of the molecule is CCS(=O)(=O)N1CCc2nc(NC(=O)c3ccccc3I)sc2C1. The average molecular weight is 477 g/mol. The zero-order valence-corrected chi connectivity index (χ0v) is 16.7. The van der Waals surface area contributed by atoms with Crippen LogP contribution in [0.15, 0.2) is 24.3 Å². The van der Waals surface area contributed by atoms with Crippen LogP contribution in [0.3, 0.4) is 0 Å². The van der Waals surface area contributed by atoms with Crippen LogP contribution in [0.5, 0.6) is 0 Å². The Kier molecular flexibility index (Phi) is 5.23. The number of carbonyl (C=O) groups excluding carboxylic acids is 1. The Labute approximate surface area is 158 Å². The quantitative estimate of drug-likeness (QED) is 0.687. The highest BCUT2D eigenvalue weighted by molar-refractivity contribution is 14.1. The van der Waals surface area contributed by atoms with Gasteiger partial charge in [-0.1, -0.05) is 12.1 Å². The van der Waals surface area contributed by atoms with Crippen molar-refractivity contribution in [2.45, 2.75) is 19.9 Å². The summed E-state index contributed by atoms with van der Waals surface area (Å²) in [4.78, 5) is 17.7. The Morgan fingerprint density at radius 2 is 2.17 bits per heavy atom. The van der Waals surface area contributed by atoms with Crippen LogP contribution >= 0.6 is 33.9 Å². The first-order valence-corrected chi connectivity index (χ1v) is 10.9. The van der Waals surface area contributed by atoms with E-state index in [0.717, 1.165) is 14.1 Å². The van der Waals surface area contributed by atoms with Crippen molar-refractivity contribution in [3.8, 4) is 0 Å². The molecular weight excluding hydrogens is 461 g/mol. The van der Waals surface area contributed by atoms with Crippen LogP contribution in [-0.2, 0) is 23.0 Å². The Morgan fingerprint density at radius 1 is 1.42 bits per heavy atom. The lowest BCUT2D eigenvalue weighted by Crippen LogP contribution is -2.36. The van der Waals surface area contributed by atoms with Gasteiger partial charge in [0.2, 0.25) is 10.0 Å². The van der Waals surface area contributed by atoms with Crippen molar-refractivity contribution in [1.82, 2.24) is 9.29 Å². The first kappa shape index (κ1) is 17.8. The minimum Gasteiger partial charge on any atom is -0.298 e. The zero-order chi connectivity index (χ0) is 17.3. The van der Waals surface area contributed by atoms with Crippen LogP contribution in [0.1, 0.15) is 27.9 Å². The molecule has 1 aromatic heterocycles. The van der Waals surface area contributed by atoms with E-state index in [4.69, 9.17) is 0 Å². The number of amides is 1. The summed E-state index contributed by atoms with van der Waals surface area (Å²) in [6.45, 7) is 2.42. The van der Waals surface area contributed by atoms with Crippen molar-refractivity contribution >= 4 is 55.0 Å². The summed E-state index contributed by atoms with van der Waals surface area (Å²) in [6.07, 6.45) is 0.573. The number of rotatable bonds is 4. The second-order valence-corrected chi connectivity index (χ2v) is 9.81. The number of fused-ring (bicyclic) bond motifs is 1. The molecule has 2 aromatic rings. The maximum Gasteiger partial charge on any atom is 0.258 e. The molecule has 128 valence electrons. The first-order valence-electron chi connectivity index (χ1n) is 7.43. The fourth-order valence-electron chi connectivity index (χ4n) is 2.46. The maximum atomic E-state index is 12.4. The van der Waals surface area contributed by atoms with Gasteiger partial charge >= 0.3 is 0 Å². The molecule has 0 spiro atoms. The van der Waals surface area contributed by atoms with E-state index in [1.807, 2.05) is 18.2 Å². The third kappa shape index (κ3) is 3.63. The summed E-state index contributed by atoms with van der Waals surface area (Å²) in [5.74, 6) is -0.110. The molecule has 3 rings (SSSR count). The van der Waals surface area contributed by atoms with Gasteiger partial charge in [0.1, 0.15) is 0 Å². The molecule has 0 bridgehead atoms. The number of hydrogen-bond acceptors (Lipinski definition) is 5. The van der Waals surface area contributed by atoms with Gasteiger partial charge in [-0.2, -0.15) is 4.31 Å². The van der Waals surface area contributed by atoms with E-state index in [2.05, 4.69) is 32.9 Å². The highest BCUT2D eigenvalue weighted by atomic mass is 127. The topological polar surface area (TPSA) is 79.4 Å². The zero-order valence-electron chi connectivity index (χ0n) is 13.0. The maximum absolute atomic E-state index is 12.4. The smallest absolute Gasteiger partial charge is 0.258 e. The Morgan fingerprint density at radius 3 is 2.88 bits per heavy atom. The van der Waals surface area contributed by atoms with Gasteiger partial charge in [-0.15, -0.1) is 11.3 Å².